The van der Waals surface area contributed by atoms with E-state index in [9.17, 15) is 4.79 Å². The molecule has 3 aliphatic carbocycles. The number of fused-ring (bicyclic) bond motifs is 5. The Hall–Kier alpha value is -1.37. The molecule has 0 saturated heterocycles. The summed E-state index contributed by atoms with van der Waals surface area (Å²) in [7, 11) is 0. The van der Waals surface area contributed by atoms with Crippen molar-refractivity contribution >= 4 is 5.78 Å². The number of hydrogen-bond donors (Lipinski definition) is 0. The van der Waals surface area contributed by atoms with Gasteiger partial charge in [0.15, 0.2) is 5.78 Å². The van der Waals surface area contributed by atoms with Gasteiger partial charge >= 0.3 is 0 Å². The third-order valence-electron chi connectivity index (χ3n) is 5.32. The molecule has 1 fully saturated rings. The Morgan fingerprint density at radius 1 is 1.28 bits per heavy atom. The molecule has 0 N–H and O–H groups in total. The van der Waals surface area contributed by atoms with Crippen molar-refractivity contribution in [2.45, 2.75) is 38.0 Å². The highest BCUT2D eigenvalue weighted by molar-refractivity contribution is 5.99. The SMILES string of the molecule is Cc1ccc2c(c1)C1(CCC2=O)CC2C=CC1C2. The van der Waals surface area contributed by atoms with Crippen LogP contribution in [0.5, 0.6) is 0 Å². The molecule has 1 aromatic rings. The Morgan fingerprint density at radius 2 is 2.17 bits per heavy atom. The van der Waals surface area contributed by atoms with Crippen molar-refractivity contribution in [3.63, 3.8) is 0 Å². The molecular weight excluding hydrogens is 220 g/mol. The summed E-state index contributed by atoms with van der Waals surface area (Å²) in [5, 5.41) is 0. The van der Waals surface area contributed by atoms with E-state index in [0.29, 0.717) is 11.7 Å². The van der Waals surface area contributed by atoms with Crippen molar-refractivity contribution in [3.05, 3.63) is 47.0 Å². The average molecular weight is 238 g/mol. The van der Waals surface area contributed by atoms with Gasteiger partial charge in [-0.3, -0.25) is 4.79 Å². The molecule has 0 radical (unpaired) electrons. The van der Waals surface area contributed by atoms with E-state index in [1.54, 1.807) is 0 Å². The molecule has 0 heterocycles. The van der Waals surface area contributed by atoms with Crippen LogP contribution in [-0.4, -0.2) is 5.78 Å². The minimum Gasteiger partial charge on any atom is -0.294 e. The van der Waals surface area contributed by atoms with Gasteiger partial charge in [-0.2, -0.15) is 0 Å². The zero-order valence-corrected chi connectivity index (χ0v) is 10.8. The van der Waals surface area contributed by atoms with Crippen molar-refractivity contribution in [1.29, 1.82) is 0 Å². The van der Waals surface area contributed by atoms with Gasteiger partial charge in [-0.05, 0) is 43.6 Å². The topological polar surface area (TPSA) is 17.1 Å². The van der Waals surface area contributed by atoms with Gasteiger partial charge in [0, 0.05) is 17.4 Å². The van der Waals surface area contributed by atoms with Crippen LogP contribution >= 0.6 is 0 Å². The number of benzene rings is 1. The molecule has 92 valence electrons. The van der Waals surface area contributed by atoms with Crippen molar-refractivity contribution in [3.8, 4) is 0 Å². The van der Waals surface area contributed by atoms with E-state index in [0.717, 1.165) is 24.3 Å². The van der Waals surface area contributed by atoms with Crippen LogP contribution in [0.15, 0.2) is 30.4 Å². The molecule has 1 nitrogen and oxygen atoms in total. The maximum Gasteiger partial charge on any atom is 0.163 e. The highest BCUT2D eigenvalue weighted by atomic mass is 16.1. The van der Waals surface area contributed by atoms with E-state index in [1.807, 2.05) is 0 Å². The second kappa shape index (κ2) is 3.34. The first-order chi connectivity index (χ1) is 8.69. The van der Waals surface area contributed by atoms with Crippen molar-refractivity contribution < 1.29 is 4.79 Å². The summed E-state index contributed by atoms with van der Waals surface area (Å²) in [5.74, 6) is 1.79. The number of Topliss-reactive ketones (excluding diaryl/α,β-unsaturated/α-hetero) is 1. The molecule has 1 aromatic carbocycles. The summed E-state index contributed by atoms with van der Waals surface area (Å²) in [6, 6.07) is 6.42. The Kier molecular flexibility index (Phi) is 1.96. The van der Waals surface area contributed by atoms with Gasteiger partial charge in [0.1, 0.15) is 0 Å². The first-order valence-corrected chi connectivity index (χ1v) is 7.02. The number of rotatable bonds is 0. The van der Waals surface area contributed by atoms with Crippen LogP contribution in [0.3, 0.4) is 0 Å². The predicted octanol–water partition coefficient (Wildman–Crippen LogP) is 3.81. The zero-order valence-electron chi connectivity index (χ0n) is 10.8. The Labute approximate surface area is 108 Å². The van der Waals surface area contributed by atoms with E-state index >= 15 is 0 Å². The summed E-state index contributed by atoms with van der Waals surface area (Å²) >= 11 is 0. The van der Waals surface area contributed by atoms with E-state index in [2.05, 4.69) is 37.3 Å². The van der Waals surface area contributed by atoms with Gasteiger partial charge in [0.05, 0.1) is 0 Å². The fourth-order valence-electron chi connectivity index (χ4n) is 4.47. The van der Waals surface area contributed by atoms with Crippen LogP contribution in [-0.2, 0) is 5.41 Å². The van der Waals surface area contributed by atoms with Crippen molar-refractivity contribution in [2.24, 2.45) is 11.8 Å². The lowest BCUT2D eigenvalue weighted by Gasteiger charge is -2.40. The van der Waals surface area contributed by atoms with Crippen LogP contribution < -0.4 is 0 Å². The summed E-state index contributed by atoms with van der Waals surface area (Å²) in [6.07, 6.45) is 9.18. The number of carbonyl (C=O) groups is 1. The smallest absolute Gasteiger partial charge is 0.163 e. The predicted molar refractivity (Wildman–Crippen MR) is 71.8 cm³/mol. The summed E-state index contributed by atoms with van der Waals surface area (Å²) in [6.45, 7) is 2.14. The maximum atomic E-state index is 12.1. The van der Waals surface area contributed by atoms with E-state index in [4.69, 9.17) is 0 Å². The van der Waals surface area contributed by atoms with Crippen LogP contribution in [0.4, 0.5) is 0 Å². The molecule has 3 aliphatic rings. The molecule has 0 amide bonds. The largest absolute Gasteiger partial charge is 0.294 e. The number of hydrogen-bond acceptors (Lipinski definition) is 1. The molecule has 1 spiro atoms. The van der Waals surface area contributed by atoms with Gasteiger partial charge in [-0.15, -0.1) is 0 Å². The third kappa shape index (κ3) is 1.20. The van der Waals surface area contributed by atoms with Gasteiger partial charge in [-0.25, -0.2) is 0 Å². The normalized spacial score (nSPS) is 36.4. The minimum absolute atomic E-state index is 0.286. The summed E-state index contributed by atoms with van der Waals surface area (Å²) in [5.41, 5.74) is 3.94. The van der Waals surface area contributed by atoms with Crippen LogP contribution in [0, 0.1) is 18.8 Å². The number of aryl methyl sites for hydroxylation is 1. The Morgan fingerprint density at radius 3 is 2.89 bits per heavy atom. The van der Waals surface area contributed by atoms with Crippen molar-refractivity contribution in [1.82, 2.24) is 0 Å². The Balaban J connectivity index is 1.94. The van der Waals surface area contributed by atoms with Gasteiger partial charge < -0.3 is 0 Å². The summed E-state index contributed by atoms with van der Waals surface area (Å²) in [4.78, 5) is 12.1. The number of carbonyl (C=O) groups excluding carboxylic acids is 1. The monoisotopic (exact) mass is 238 g/mol. The first kappa shape index (κ1) is 10.5. The molecule has 1 heteroatoms. The van der Waals surface area contributed by atoms with Gasteiger partial charge in [0.2, 0.25) is 0 Å². The van der Waals surface area contributed by atoms with E-state index in [1.165, 1.54) is 24.0 Å². The highest BCUT2D eigenvalue weighted by Gasteiger charge is 2.51. The second-order valence-corrected chi connectivity index (χ2v) is 6.32. The Bertz CT molecular complexity index is 569. The molecule has 18 heavy (non-hydrogen) atoms. The lowest BCUT2D eigenvalue weighted by Crippen LogP contribution is -2.37. The molecular formula is C17H18O. The van der Waals surface area contributed by atoms with Gasteiger partial charge in [0.25, 0.3) is 0 Å². The first-order valence-electron chi connectivity index (χ1n) is 7.02. The van der Waals surface area contributed by atoms with E-state index < -0.39 is 0 Å². The van der Waals surface area contributed by atoms with Crippen LogP contribution in [0.2, 0.25) is 0 Å². The highest BCUT2D eigenvalue weighted by Crippen LogP contribution is 2.58. The average Bonchev–Trinajstić information content (AvgIpc) is 2.95. The third-order valence-corrected chi connectivity index (χ3v) is 5.32. The van der Waals surface area contributed by atoms with E-state index in [-0.39, 0.29) is 5.41 Å². The molecule has 4 rings (SSSR count). The molecule has 3 unspecified atom stereocenters. The van der Waals surface area contributed by atoms with Crippen LogP contribution in [0.25, 0.3) is 0 Å². The minimum atomic E-state index is 0.286. The molecule has 0 aliphatic heterocycles. The second-order valence-electron chi connectivity index (χ2n) is 6.32. The van der Waals surface area contributed by atoms with Gasteiger partial charge in [-0.1, -0.05) is 35.9 Å². The fourth-order valence-corrected chi connectivity index (χ4v) is 4.47. The number of allylic oxidation sites excluding steroid dienone is 2. The molecule has 1 saturated carbocycles. The number of ketones is 1. The molecule has 0 aromatic heterocycles. The lowest BCUT2D eigenvalue weighted by atomic mass is 9.62. The quantitative estimate of drug-likeness (QED) is 0.628. The fraction of sp³-hybridized carbons (Fsp3) is 0.471. The standard InChI is InChI=1S/C17H18O/c1-11-2-5-14-15(8-11)17(7-6-16(14)18)10-12-3-4-13(17)9-12/h2-5,8,12-13H,6-7,9-10H2,1H3. The summed E-state index contributed by atoms with van der Waals surface area (Å²) < 4.78 is 0. The zero-order chi connectivity index (χ0) is 12.3. The maximum absolute atomic E-state index is 12.1. The lowest BCUT2D eigenvalue weighted by molar-refractivity contribution is 0.0944. The molecule has 3 atom stereocenters. The molecule has 2 bridgehead atoms. The van der Waals surface area contributed by atoms with Crippen molar-refractivity contribution in [2.75, 3.05) is 0 Å². The van der Waals surface area contributed by atoms with Crippen LogP contribution in [0.1, 0.15) is 47.2 Å².